The smallest absolute Gasteiger partial charge is 0.373 e. The van der Waals surface area contributed by atoms with Gasteiger partial charge in [-0.25, -0.2) is 0 Å². The summed E-state index contributed by atoms with van der Waals surface area (Å²) < 4.78 is 0. The van der Waals surface area contributed by atoms with Crippen molar-refractivity contribution in [3.05, 3.63) is 0 Å². The number of carbonyl (C=O) groups excluding carboxylic acids is 4. The predicted octanol–water partition coefficient (Wildman–Crippen LogP) is 4.86. The molecule has 0 bridgehead atoms. The summed E-state index contributed by atoms with van der Waals surface area (Å²) in [7, 11) is 0. The van der Waals surface area contributed by atoms with Gasteiger partial charge in [0.2, 0.25) is 0 Å². The highest BCUT2D eigenvalue weighted by Crippen LogP contribution is 2.30. The van der Waals surface area contributed by atoms with Gasteiger partial charge in [0.05, 0.1) is 55.2 Å². The summed E-state index contributed by atoms with van der Waals surface area (Å²) in [5, 5.41) is 64.4. The van der Waals surface area contributed by atoms with Crippen molar-refractivity contribution in [2.45, 2.75) is 288 Å². The highest BCUT2D eigenvalue weighted by atomic mass is 32.1. The fourth-order valence-electron chi connectivity index (χ4n) is 13.7. The number of hydrogen-bond acceptors (Lipinski definition) is 22. The van der Waals surface area contributed by atoms with Crippen LogP contribution < -0.4 is 33.6 Å². The molecule has 0 aromatic carbocycles. The van der Waals surface area contributed by atoms with Crippen molar-refractivity contribution < 1.29 is 49.3 Å². The summed E-state index contributed by atoms with van der Waals surface area (Å²) in [6.45, 7) is 24.3. The van der Waals surface area contributed by atoms with Gasteiger partial charge in [-0.2, -0.15) is 19.2 Å². The Morgan fingerprint density at radius 1 is 0.468 bits per heavy atom. The van der Waals surface area contributed by atoms with Gasteiger partial charge in [-0.05, 0) is 154 Å². The van der Waals surface area contributed by atoms with E-state index in [0.717, 1.165) is 172 Å². The van der Waals surface area contributed by atoms with Crippen molar-refractivity contribution in [3.8, 4) is 0 Å². The lowest BCUT2D eigenvalue weighted by molar-refractivity contribution is -0.193. The fourth-order valence-corrected chi connectivity index (χ4v) is 16.0. The van der Waals surface area contributed by atoms with Crippen LogP contribution in [0, 0.1) is 5.92 Å². The second-order valence-corrected chi connectivity index (χ2v) is 29.5. The van der Waals surface area contributed by atoms with Crippen molar-refractivity contribution in [1.29, 1.82) is 0 Å². The summed E-state index contributed by atoms with van der Waals surface area (Å²) in [6, 6.07) is 0.665. The SMILES string of the molecule is CB(O)[C@@H]1CCCN1C(=S)[C@@H](N)C1CCCCC1.CB(O)[C@@H]1CCCN1C(=S)[C@@H]1CCCN1.CB(O)[C@@H]1CCCN1C(=S)[C@H](C)N.CB(O)[C@H](C)CC(=S)[C@@H]1CCCN1.CCC[C@H](N)C(=S)N1CCC[C@H]1B(C)O.CC[C@H](N)C(=S)N1CCC[C@H]1B(C)O.O=C=O.O=C=O. The number of nitrogens with one attached hydrogen (secondary N) is 2. The van der Waals surface area contributed by atoms with E-state index < -0.39 is 0 Å². The molecule has 0 aromatic rings. The van der Waals surface area contributed by atoms with E-state index in [-0.39, 0.29) is 113 Å². The van der Waals surface area contributed by atoms with Crippen LogP contribution in [0.15, 0.2) is 0 Å². The Labute approximate surface area is 600 Å². The average Bonchev–Trinajstić information content (AvgIpc) is 1.73. The summed E-state index contributed by atoms with van der Waals surface area (Å²) in [4.78, 5) is 48.7. The zero-order valence-electron chi connectivity index (χ0n) is 58.5. The molecule has 7 heterocycles. The second kappa shape index (κ2) is 49.7. The van der Waals surface area contributed by atoms with E-state index in [0.29, 0.717) is 18.0 Å². The van der Waals surface area contributed by atoms with Crippen LogP contribution in [-0.4, -0.2) is 250 Å². The molecule has 12 atom stereocenters. The van der Waals surface area contributed by atoms with E-state index >= 15 is 0 Å². The highest BCUT2D eigenvalue weighted by molar-refractivity contribution is 7.81. The molecule has 1 aliphatic carbocycles. The maximum atomic E-state index is 9.82. The molecule has 0 spiro atoms. The van der Waals surface area contributed by atoms with Crippen LogP contribution in [0.5, 0.6) is 0 Å². The molecule has 94 heavy (non-hydrogen) atoms. The maximum Gasteiger partial charge on any atom is 0.373 e. The molecule has 532 valence electrons. The van der Waals surface area contributed by atoms with Gasteiger partial charge in [-0.3, -0.25) is 0 Å². The minimum Gasteiger partial charge on any atom is -0.450 e. The molecule has 33 heteroatoms. The molecule has 7 aliphatic heterocycles. The van der Waals surface area contributed by atoms with Gasteiger partial charge in [-0.15, -0.1) is 0 Å². The summed E-state index contributed by atoms with van der Waals surface area (Å²) in [6.07, 6.45) is 26.1. The van der Waals surface area contributed by atoms with Crippen LogP contribution in [0.25, 0.3) is 0 Å². The quantitative estimate of drug-likeness (QED) is 0.0644. The molecule has 0 unspecified atom stereocenters. The van der Waals surface area contributed by atoms with Crippen LogP contribution in [0.3, 0.4) is 0 Å². The van der Waals surface area contributed by atoms with Gasteiger partial charge in [0.1, 0.15) is 0 Å². The lowest BCUT2D eigenvalue weighted by Gasteiger charge is -2.35. The number of nitrogens with zero attached hydrogens (tertiary/aromatic N) is 5. The van der Waals surface area contributed by atoms with E-state index in [9.17, 15) is 30.1 Å². The fraction of sp³-hybridized carbons (Fsp3) is 0.869. The average molecular weight is 1420 g/mol. The Morgan fingerprint density at radius 2 is 0.809 bits per heavy atom. The molecular weight excluding hydrogens is 1300 g/mol. The zero-order chi connectivity index (χ0) is 71.4. The number of thiocarbonyl (C=S) groups is 6. The van der Waals surface area contributed by atoms with E-state index in [1.165, 1.54) is 51.4 Å². The first-order valence-corrected chi connectivity index (χ1v) is 37.5. The number of rotatable bonds is 18. The van der Waals surface area contributed by atoms with Gasteiger partial charge < -0.3 is 88.2 Å². The van der Waals surface area contributed by atoms with Gasteiger partial charge in [0.15, 0.2) is 0 Å². The third kappa shape index (κ3) is 31.4. The van der Waals surface area contributed by atoms with Crippen LogP contribution in [-0.2, 0) is 19.2 Å². The Hall–Kier alpha value is -1.79. The van der Waals surface area contributed by atoms with Crippen molar-refractivity contribution >= 4 is 157 Å². The molecule has 8 aliphatic rings. The van der Waals surface area contributed by atoms with Gasteiger partial charge in [0.25, 0.3) is 6.92 Å². The molecule has 8 rings (SSSR count). The van der Waals surface area contributed by atoms with E-state index in [4.69, 9.17) is 115 Å². The third-order valence-electron chi connectivity index (χ3n) is 19.4. The van der Waals surface area contributed by atoms with E-state index in [1.54, 1.807) is 0 Å². The van der Waals surface area contributed by atoms with Crippen molar-refractivity contribution in [1.82, 2.24) is 35.1 Å². The van der Waals surface area contributed by atoms with Crippen molar-refractivity contribution in [3.63, 3.8) is 0 Å². The topological polar surface area (TPSA) is 334 Å². The molecule has 1 saturated carbocycles. The minimum absolute atomic E-state index is 0.0136. The first kappa shape index (κ1) is 90.2. The van der Waals surface area contributed by atoms with Crippen molar-refractivity contribution in [2.75, 3.05) is 45.8 Å². The third-order valence-corrected chi connectivity index (χ3v) is 22.5. The second-order valence-electron chi connectivity index (χ2n) is 26.9. The standard InChI is InChI=1S/C13H25BN2OS.C10H19BN2OS.C10H21BN2OS.C9H19BN2OS.C9H18BNOS.C8H17BN2OS.2CO2/c1-14(17)11-8-5-9-16(11)13(18)12(15)10-6-3-2-4-7-10;1-11(14)9-5-3-7-13(9)10(15)8-4-2-6-12-8;1-3-5-8(12)10(15)13-7-4-6-9(13)11(2)14;1-3-7(11)9(14)12-6-4-5-8(12)10(2)13;1-7(10(2)12)6-9(13)8-4-3-5-11-8;1-6(10)8(13)11-5-3-4-7(11)9(2)12;2*2-1-3/h10-12,17H,2-9,15H2,1H3;8-9,12,14H,2-7H2,1H3;8-9,14H,3-7,12H2,1-2H3;7-8,13H,3-6,11H2,1-2H3;7-8,11-12H,3-6H2,1-2H3;6-7,12H,3-5,10H2,1-2H3;;/t11-,12-;2*8-,9-;7-,8-;7-,8+;6-,7-;;/m000010../s1. The number of likely N-dealkylation sites (tertiary alicyclic amines) is 5. The molecule has 0 aromatic heterocycles. The summed E-state index contributed by atoms with van der Waals surface area (Å²) in [5.74, 6) is 1.82. The van der Waals surface area contributed by atoms with E-state index in [2.05, 4.69) is 42.1 Å². The summed E-state index contributed by atoms with van der Waals surface area (Å²) >= 11 is 32.4. The lowest BCUT2D eigenvalue weighted by Crippen LogP contribution is -2.52. The number of nitrogens with two attached hydrogens (primary N) is 4. The minimum atomic E-state index is -0.320. The Balaban J connectivity index is 0.000000556. The van der Waals surface area contributed by atoms with Gasteiger partial charge >= 0.3 is 46.9 Å². The number of hydrogen-bond donors (Lipinski definition) is 12. The van der Waals surface area contributed by atoms with Crippen LogP contribution in [0.4, 0.5) is 0 Å². The van der Waals surface area contributed by atoms with Crippen LogP contribution in [0.1, 0.15) is 175 Å². The highest BCUT2D eigenvalue weighted by Gasteiger charge is 2.39. The van der Waals surface area contributed by atoms with Crippen LogP contribution >= 0.6 is 73.3 Å². The molecule has 8 fully saturated rings. The molecule has 0 amide bonds. The Morgan fingerprint density at radius 3 is 1.14 bits per heavy atom. The molecule has 16 N–H and O–H groups in total. The normalized spacial score (nSPS) is 24.3. The largest absolute Gasteiger partial charge is 0.450 e. The molecule has 21 nitrogen and oxygen atoms in total. The lowest BCUT2D eigenvalue weighted by atomic mass is 9.58. The zero-order valence-corrected chi connectivity index (χ0v) is 63.4. The summed E-state index contributed by atoms with van der Waals surface area (Å²) in [5.41, 5.74) is 24.0. The van der Waals surface area contributed by atoms with E-state index in [1.807, 2.05) is 61.7 Å². The van der Waals surface area contributed by atoms with Crippen LogP contribution in [0.2, 0.25) is 46.8 Å². The maximum absolute atomic E-state index is 9.82. The van der Waals surface area contributed by atoms with Gasteiger partial charge in [-0.1, -0.05) is 161 Å². The predicted molar refractivity (Wildman–Crippen MR) is 413 cm³/mol. The first-order chi connectivity index (χ1) is 44.4. The molecule has 0 radical (unpaired) electrons. The molecule has 7 saturated heterocycles. The Bertz CT molecular complexity index is 2270. The molecular formula is C61H119B6N11O10S6. The Kier molecular flexibility index (Phi) is 47.7. The van der Waals surface area contributed by atoms with Gasteiger partial charge in [0, 0.05) is 73.3 Å². The van der Waals surface area contributed by atoms with Crippen molar-refractivity contribution in [2.24, 2.45) is 28.9 Å². The first-order valence-electron chi connectivity index (χ1n) is 35.0. The monoisotopic (exact) mass is 1420 g/mol.